The molecule has 0 amide bonds. The molecule has 0 aromatic heterocycles. The van der Waals surface area contributed by atoms with Gasteiger partial charge in [-0.2, -0.15) is 0 Å². The van der Waals surface area contributed by atoms with Crippen LogP contribution in [0, 0.1) is 0 Å². The Kier molecular flexibility index (Phi) is 4.39. The van der Waals surface area contributed by atoms with Crippen LogP contribution in [0.15, 0.2) is 24.3 Å². The fourth-order valence-corrected chi connectivity index (χ4v) is 1.05. The Morgan fingerprint density at radius 1 is 1.43 bits per heavy atom. The zero-order valence-electron chi connectivity index (χ0n) is 7.53. The van der Waals surface area contributed by atoms with Gasteiger partial charge in [-0.25, -0.2) is 4.79 Å². The third-order valence-corrected chi connectivity index (χ3v) is 2.14. The van der Waals surface area contributed by atoms with Crippen molar-refractivity contribution in [1.82, 2.24) is 0 Å². The maximum Gasteiger partial charge on any atom is 0.328 e. The van der Waals surface area contributed by atoms with E-state index in [9.17, 15) is 4.79 Å². The van der Waals surface area contributed by atoms with E-state index in [0.29, 0.717) is 10.6 Å². The minimum atomic E-state index is -1.36. The average Bonchev–Trinajstić information content (AvgIpc) is 2.04. The number of nitrogens with two attached hydrogens (primary N) is 1. The second-order valence-electron chi connectivity index (χ2n) is 3.01. The van der Waals surface area contributed by atoms with Crippen LogP contribution in [0.2, 0.25) is 5.02 Å². The third-order valence-electron chi connectivity index (χ3n) is 1.89. The summed E-state index contributed by atoms with van der Waals surface area (Å²) in [4.78, 5) is 10.7. The van der Waals surface area contributed by atoms with Gasteiger partial charge in [0.1, 0.15) is 5.54 Å². The van der Waals surface area contributed by atoms with E-state index in [4.69, 9.17) is 22.4 Å². The molecule has 5 heteroatoms. The first-order valence-corrected chi connectivity index (χ1v) is 4.10. The number of rotatable bonds is 2. The Morgan fingerprint density at radius 3 is 2.21 bits per heavy atom. The van der Waals surface area contributed by atoms with Gasteiger partial charge >= 0.3 is 5.97 Å². The van der Waals surface area contributed by atoms with Gasteiger partial charge < -0.3 is 10.8 Å². The van der Waals surface area contributed by atoms with Gasteiger partial charge in [0.2, 0.25) is 0 Å². The summed E-state index contributed by atoms with van der Waals surface area (Å²) in [6, 6.07) is 6.45. The molecule has 1 unspecified atom stereocenters. The molecule has 3 N–H and O–H groups in total. The molecule has 3 nitrogen and oxygen atoms in total. The molecule has 1 atom stereocenters. The lowest BCUT2D eigenvalue weighted by Crippen LogP contribution is -2.41. The van der Waals surface area contributed by atoms with Crippen LogP contribution in [0.3, 0.4) is 0 Å². The Bertz CT molecular complexity index is 322. The predicted molar refractivity (Wildman–Crippen MR) is 57.9 cm³/mol. The molecule has 1 rings (SSSR count). The molecule has 78 valence electrons. The number of benzene rings is 1. The molecular weight excluding hydrogens is 225 g/mol. The van der Waals surface area contributed by atoms with Crippen molar-refractivity contribution in [1.29, 1.82) is 0 Å². The van der Waals surface area contributed by atoms with Crippen molar-refractivity contribution in [3.63, 3.8) is 0 Å². The van der Waals surface area contributed by atoms with E-state index >= 15 is 0 Å². The standard InChI is InChI=1S/C9H10ClNO2.ClH/c1-9(11,8(12)13)6-2-4-7(10)5-3-6;/h2-5H,11H2,1H3,(H,12,13);1H. The van der Waals surface area contributed by atoms with E-state index in [-0.39, 0.29) is 12.4 Å². The van der Waals surface area contributed by atoms with E-state index in [2.05, 4.69) is 0 Å². The number of carbonyl (C=O) groups is 1. The molecule has 0 radical (unpaired) electrons. The van der Waals surface area contributed by atoms with Crippen molar-refractivity contribution >= 4 is 30.0 Å². The zero-order chi connectivity index (χ0) is 10.1. The molecule has 0 saturated carbocycles. The smallest absolute Gasteiger partial charge is 0.328 e. The molecule has 0 aliphatic heterocycles. The molecule has 1 aromatic rings. The highest BCUT2D eigenvalue weighted by atomic mass is 35.5. The molecule has 0 aliphatic rings. The lowest BCUT2D eigenvalue weighted by molar-refractivity contribution is -0.143. The summed E-state index contributed by atoms with van der Waals surface area (Å²) in [6.07, 6.45) is 0. The van der Waals surface area contributed by atoms with E-state index in [1.165, 1.54) is 6.92 Å². The second-order valence-corrected chi connectivity index (χ2v) is 3.45. The lowest BCUT2D eigenvalue weighted by atomic mass is 9.94. The van der Waals surface area contributed by atoms with Crippen LogP contribution in [0.25, 0.3) is 0 Å². The highest BCUT2D eigenvalue weighted by Gasteiger charge is 2.29. The molecule has 14 heavy (non-hydrogen) atoms. The van der Waals surface area contributed by atoms with Crippen LogP contribution in [0.1, 0.15) is 12.5 Å². The zero-order valence-corrected chi connectivity index (χ0v) is 9.10. The van der Waals surface area contributed by atoms with Crippen molar-refractivity contribution in [2.75, 3.05) is 0 Å². The van der Waals surface area contributed by atoms with Crippen molar-refractivity contribution in [3.05, 3.63) is 34.9 Å². The molecule has 0 fully saturated rings. The Labute approximate surface area is 93.3 Å². The highest BCUT2D eigenvalue weighted by molar-refractivity contribution is 6.30. The second kappa shape index (κ2) is 4.64. The van der Waals surface area contributed by atoms with Gasteiger partial charge in [-0.15, -0.1) is 12.4 Å². The van der Waals surface area contributed by atoms with Gasteiger partial charge in [0.05, 0.1) is 0 Å². The predicted octanol–water partition coefficient (Wildman–Crippen LogP) is 2.02. The summed E-state index contributed by atoms with van der Waals surface area (Å²) < 4.78 is 0. The van der Waals surface area contributed by atoms with Crippen LogP contribution < -0.4 is 5.73 Å². The van der Waals surface area contributed by atoms with Crippen molar-refractivity contribution in [3.8, 4) is 0 Å². The molecule has 0 spiro atoms. The minimum absolute atomic E-state index is 0. The van der Waals surface area contributed by atoms with Crippen LogP contribution in [-0.4, -0.2) is 11.1 Å². The molecular formula is C9H11Cl2NO2. The topological polar surface area (TPSA) is 63.3 Å². The first-order valence-electron chi connectivity index (χ1n) is 3.73. The molecule has 0 heterocycles. The maximum absolute atomic E-state index is 10.7. The molecule has 0 saturated heterocycles. The van der Waals surface area contributed by atoms with Gasteiger partial charge in [-0.1, -0.05) is 23.7 Å². The largest absolute Gasteiger partial charge is 0.480 e. The summed E-state index contributed by atoms with van der Waals surface area (Å²) >= 11 is 5.65. The normalized spacial score (nSPS) is 13.9. The Hall–Kier alpha value is -0.770. The van der Waals surface area contributed by atoms with Crippen LogP contribution in [0.4, 0.5) is 0 Å². The summed E-state index contributed by atoms with van der Waals surface area (Å²) in [5, 5.41) is 9.37. The molecule has 0 aliphatic carbocycles. The highest BCUT2D eigenvalue weighted by Crippen LogP contribution is 2.19. The van der Waals surface area contributed by atoms with Gasteiger partial charge in [-0.05, 0) is 24.6 Å². The van der Waals surface area contributed by atoms with Crippen LogP contribution >= 0.6 is 24.0 Å². The van der Waals surface area contributed by atoms with Crippen molar-refractivity contribution in [2.45, 2.75) is 12.5 Å². The summed E-state index contributed by atoms with van der Waals surface area (Å²) in [6.45, 7) is 1.44. The number of carboxylic acid groups (broad SMARTS) is 1. The van der Waals surface area contributed by atoms with E-state index < -0.39 is 11.5 Å². The van der Waals surface area contributed by atoms with Gasteiger partial charge in [-0.3, -0.25) is 0 Å². The van der Waals surface area contributed by atoms with Crippen LogP contribution in [0.5, 0.6) is 0 Å². The lowest BCUT2D eigenvalue weighted by Gasteiger charge is -2.19. The van der Waals surface area contributed by atoms with E-state index in [0.717, 1.165) is 0 Å². The number of hydrogen-bond donors (Lipinski definition) is 2. The van der Waals surface area contributed by atoms with E-state index in [1.54, 1.807) is 24.3 Å². The number of halogens is 2. The third kappa shape index (κ3) is 2.61. The SMILES string of the molecule is CC(N)(C(=O)O)c1ccc(Cl)cc1.Cl. The monoisotopic (exact) mass is 235 g/mol. The molecule has 0 bridgehead atoms. The maximum atomic E-state index is 10.7. The fourth-order valence-electron chi connectivity index (χ4n) is 0.920. The van der Waals surface area contributed by atoms with E-state index in [1.807, 2.05) is 0 Å². The van der Waals surface area contributed by atoms with Crippen molar-refractivity contribution in [2.24, 2.45) is 5.73 Å². The van der Waals surface area contributed by atoms with Crippen molar-refractivity contribution < 1.29 is 9.90 Å². The Balaban J connectivity index is 0.00000169. The number of carboxylic acids is 1. The molecule has 1 aromatic carbocycles. The van der Waals surface area contributed by atoms with Gasteiger partial charge in [0.15, 0.2) is 0 Å². The quantitative estimate of drug-likeness (QED) is 0.825. The summed E-state index contributed by atoms with van der Waals surface area (Å²) in [5.41, 5.74) is 4.76. The summed E-state index contributed by atoms with van der Waals surface area (Å²) in [5.74, 6) is -1.06. The summed E-state index contributed by atoms with van der Waals surface area (Å²) in [7, 11) is 0. The van der Waals surface area contributed by atoms with Gasteiger partial charge in [0.25, 0.3) is 0 Å². The first kappa shape index (κ1) is 13.2. The fraction of sp³-hybridized carbons (Fsp3) is 0.222. The van der Waals surface area contributed by atoms with Crippen LogP contribution in [-0.2, 0) is 10.3 Å². The first-order chi connectivity index (χ1) is 5.94. The Morgan fingerprint density at radius 2 is 1.86 bits per heavy atom. The van der Waals surface area contributed by atoms with Gasteiger partial charge in [0, 0.05) is 5.02 Å². The average molecular weight is 236 g/mol. The number of hydrogen-bond acceptors (Lipinski definition) is 2. The minimum Gasteiger partial charge on any atom is -0.480 e. The number of aliphatic carboxylic acids is 1.